The van der Waals surface area contributed by atoms with Gasteiger partial charge in [0.15, 0.2) is 0 Å². The maximum Gasteiger partial charge on any atom is 0.251 e. The molecular formula is C20H21ClN2O3S. The van der Waals surface area contributed by atoms with Crippen LogP contribution in [0.4, 0.5) is 0 Å². The standard InChI is InChI=1S/C20H21ClN2O3S/c1-2-13-22-19(24)15-5-3-6-18(14-15)27(25,26)23-20(11-4-12-20)16-7-9-17(21)10-8-16/h2-3,5-10,14,23H,1,4,11-13H2,(H,22,24). The zero-order valence-corrected chi connectivity index (χ0v) is 16.3. The van der Waals surface area contributed by atoms with Crippen LogP contribution in [0.1, 0.15) is 35.2 Å². The van der Waals surface area contributed by atoms with E-state index in [1.165, 1.54) is 12.1 Å². The molecule has 1 amide bonds. The fourth-order valence-corrected chi connectivity index (χ4v) is 4.76. The molecule has 2 aromatic carbocycles. The predicted octanol–water partition coefficient (Wildman–Crippen LogP) is 3.61. The molecule has 0 spiro atoms. The van der Waals surface area contributed by atoms with Crippen molar-refractivity contribution in [2.45, 2.75) is 29.7 Å². The minimum atomic E-state index is -3.80. The van der Waals surface area contributed by atoms with Crippen molar-refractivity contribution in [2.24, 2.45) is 0 Å². The third-order valence-electron chi connectivity index (χ3n) is 4.75. The Labute approximate surface area is 164 Å². The lowest BCUT2D eigenvalue weighted by molar-refractivity contribution is 0.0958. The number of carbonyl (C=O) groups excluding carboxylic acids is 1. The van der Waals surface area contributed by atoms with Gasteiger partial charge in [0.1, 0.15) is 0 Å². The van der Waals surface area contributed by atoms with Gasteiger partial charge in [-0.05, 0) is 55.2 Å². The molecule has 142 valence electrons. The van der Waals surface area contributed by atoms with Crippen LogP contribution in [0, 0.1) is 0 Å². The van der Waals surface area contributed by atoms with Gasteiger partial charge in [-0.1, -0.05) is 35.9 Å². The van der Waals surface area contributed by atoms with Gasteiger partial charge in [0.2, 0.25) is 10.0 Å². The van der Waals surface area contributed by atoms with Gasteiger partial charge in [0, 0.05) is 17.1 Å². The van der Waals surface area contributed by atoms with E-state index in [0.717, 1.165) is 12.0 Å². The van der Waals surface area contributed by atoms with Crippen LogP contribution < -0.4 is 10.0 Å². The minimum Gasteiger partial charge on any atom is -0.349 e. The summed E-state index contributed by atoms with van der Waals surface area (Å²) in [7, 11) is -3.80. The Bertz CT molecular complexity index is 951. The number of hydrogen-bond donors (Lipinski definition) is 2. The fourth-order valence-electron chi connectivity index (χ4n) is 3.14. The van der Waals surface area contributed by atoms with Crippen LogP contribution in [0.25, 0.3) is 0 Å². The summed E-state index contributed by atoms with van der Waals surface area (Å²) in [4.78, 5) is 12.2. The van der Waals surface area contributed by atoms with Crippen molar-refractivity contribution in [3.8, 4) is 0 Å². The molecule has 0 aromatic heterocycles. The van der Waals surface area contributed by atoms with Crippen molar-refractivity contribution in [2.75, 3.05) is 6.54 Å². The second-order valence-corrected chi connectivity index (χ2v) is 8.69. The smallest absolute Gasteiger partial charge is 0.251 e. The van der Waals surface area contributed by atoms with Crippen LogP contribution in [0.15, 0.2) is 66.1 Å². The van der Waals surface area contributed by atoms with Gasteiger partial charge >= 0.3 is 0 Å². The molecule has 0 heterocycles. The molecule has 3 rings (SSSR count). The molecule has 1 aliphatic rings. The van der Waals surface area contributed by atoms with Gasteiger partial charge in [0.05, 0.1) is 10.4 Å². The second-order valence-electron chi connectivity index (χ2n) is 6.57. The van der Waals surface area contributed by atoms with E-state index < -0.39 is 15.6 Å². The first-order valence-electron chi connectivity index (χ1n) is 8.65. The topological polar surface area (TPSA) is 75.3 Å². The van der Waals surface area contributed by atoms with Gasteiger partial charge in [-0.3, -0.25) is 4.79 Å². The first-order chi connectivity index (χ1) is 12.9. The highest BCUT2D eigenvalue weighted by molar-refractivity contribution is 7.89. The molecule has 5 nitrogen and oxygen atoms in total. The highest BCUT2D eigenvalue weighted by atomic mass is 35.5. The summed E-state index contributed by atoms with van der Waals surface area (Å²) in [5.41, 5.74) is 0.542. The number of nitrogens with one attached hydrogen (secondary N) is 2. The van der Waals surface area contributed by atoms with E-state index in [1.54, 1.807) is 30.3 Å². The average molecular weight is 405 g/mol. The maximum absolute atomic E-state index is 13.0. The molecule has 0 radical (unpaired) electrons. The molecule has 2 N–H and O–H groups in total. The summed E-state index contributed by atoms with van der Waals surface area (Å²) in [6.07, 6.45) is 3.93. The SMILES string of the molecule is C=CCNC(=O)c1cccc(S(=O)(=O)NC2(c3ccc(Cl)cc3)CCC2)c1. The molecule has 27 heavy (non-hydrogen) atoms. The van der Waals surface area contributed by atoms with Crippen molar-refractivity contribution in [3.63, 3.8) is 0 Å². The zero-order valence-electron chi connectivity index (χ0n) is 14.7. The van der Waals surface area contributed by atoms with Crippen LogP contribution in [-0.2, 0) is 15.6 Å². The lowest BCUT2D eigenvalue weighted by Crippen LogP contribution is -2.50. The van der Waals surface area contributed by atoms with E-state index in [4.69, 9.17) is 11.6 Å². The first kappa shape index (κ1) is 19.6. The Morgan fingerprint density at radius 3 is 2.48 bits per heavy atom. The normalized spacial score (nSPS) is 15.6. The van der Waals surface area contributed by atoms with Crippen LogP contribution in [0.2, 0.25) is 5.02 Å². The van der Waals surface area contributed by atoms with Gasteiger partial charge in [-0.15, -0.1) is 6.58 Å². The van der Waals surface area contributed by atoms with Crippen molar-refractivity contribution >= 4 is 27.5 Å². The Hall–Kier alpha value is -2.15. The van der Waals surface area contributed by atoms with Crippen molar-refractivity contribution in [1.29, 1.82) is 0 Å². The molecule has 0 saturated heterocycles. The van der Waals surface area contributed by atoms with Crippen LogP contribution in [0.5, 0.6) is 0 Å². The summed E-state index contributed by atoms with van der Waals surface area (Å²) < 4.78 is 28.8. The minimum absolute atomic E-state index is 0.0639. The summed E-state index contributed by atoms with van der Waals surface area (Å²) in [6.45, 7) is 3.86. The summed E-state index contributed by atoms with van der Waals surface area (Å²) in [6, 6.07) is 13.2. The molecule has 7 heteroatoms. The Morgan fingerprint density at radius 2 is 1.89 bits per heavy atom. The van der Waals surface area contributed by atoms with Crippen LogP contribution in [-0.4, -0.2) is 20.9 Å². The molecule has 1 saturated carbocycles. The van der Waals surface area contributed by atoms with Crippen molar-refractivity contribution in [3.05, 3.63) is 77.3 Å². The van der Waals surface area contributed by atoms with Gasteiger partial charge in [0.25, 0.3) is 5.91 Å². The van der Waals surface area contributed by atoms with Crippen LogP contribution in [0.3, 0.4) is 0 Å². The predicted molar refractivity (Wildman–Crippen MR) is 106 cm³/mol. The molecular weight excluding hydrogens is 384 g/mol. The number of carbonyl (C=O) groups is 1. The lowest BCUT2D eigenvalue weighted by atomic mass is 9.73. The molecule has 1 aliphatic carbocycles. The summed E-state index contributed by atoms with van der Waals surface area (Å²) in [5.74, 6) is -0.344. The van der Waals surface area contributed by atoms with Crippen molar-refractivity contribution < 1.29 is 13.2 Å². The molecule has 0 aliphatic heterocycles. The Morgan fingerprint density at radius 1 is 1.19 bits per heavy atom. The number of halogens is 1. The molecule has 1 fully saturated rings. The number of rotatable bonds is 7. The van der Waals surface area contributed by atoms with E-state index in [9.17, 15) is 13.2 Å². The fraction of sp³-hybridized carbons (Fsp3) is 0.250. The first-order valence-corrected chi connectivity index (χ1v) is 10.5. The van der Waals surface area contributed by atoms with Gasteiger partial charge < -0.3 is 5.32 Å². The van der Waals surface area contributed by atoms with E-state index >= 15 is 0 Å². The third-order valence-corrected chi connectivity index (χ3v) is 6.53. The zero-order chi connectivity index (χ0) is 19.5. The average Bonchev–Trinajstić information content (AvgIpc) is 2.63. The monoisotopic (exact) mass is 404 g/mol. The van der Waals surface area contributed by atoms with E-state index in [1.807, 2.05) is 12.1 Å². The van der Waals surface area contributed by atoms with Gasteiger partial charge in [-0.2, -0.15) is 0 Å². The lowest BCUT2D eigenvalue weighted by Gasteiger charge is -2.42. The Kier molecular flexibility index (Phi) is 5.69. The molecule has 0 atom stereocenters. The largest absolute Gasteiger partial charge is 0.349 e. The van der Waals surface area contributed by atoms with Gasteiger partial charge in [-0.25, -0.2) is 13.1 Å². The number of sulfonamides is 1. The second kappa shape index (κ2) is 7.84. The quantitative estimate of drug-likeness (QED) is 0.692. The Balaban J connectivity index is 1.87. The van der Waals surface area contributed by atoms with E-state index in [0.29, 0.717) is 24.4 Å². The van der Waals surface area contributed by atoms with E-state index in [-0.39, 0.29) is 16.4 Å². The number of hydrogen-bond acceptors (Lipinski definition) is 3. The summed E-state index contributed by atoms with van der Waals surface area (Å²) >= 11 is 5.95. The number of benzene rings is 2. The summed E-state index contributed by atoms with van der Waals surface area (Å²) in [5, 5.41) is 3.25. The van der Waals surface area contributed by atoms with Crippen LogP contribution >= 0.6 is 11.6 Å². The number of amides is 1. The molecule has 0 bridgehead atoms. The maximum atomic E-state index is 13.0. The molecule has 0 unspecified atom stereocenters. The van der Waals surface area contributed by atoms with E-state index in [2.05, 4.69) is 16.6 Å². The highest BCUT2D eigenvalue weighted by Gasteiger charge is 2.42. The molecule has 2 aromatic rings. The van der Waals surface area contributed by atoms with Crippen molar-refractivity contribution in [1.82, 2.24) is 10.0 Å². The third kappa shape index (κ3) is 4.24. The highest BCUT2D eigenvalue weighted by Crippen LogP contribution is 2.42.